The second-order valence-electron chi connectivity index (χ2n) is 5.71. The molecule has 0 unspecified atom stereocenters. The van der Waals surface area contributed by atoms with Gasteiger partial charge in [0.1, 0.15) is 11.5 Å². The van der Waals surface area contributed by atoms with Crippen molar-refractivity contribution in [2.45, 2.75) is 26.5 Å². The molecule has 2 aromatic carbocycles. The van der Waals surface area contributed by atoms with E-state index in [1.807, 2.05) is 31.2 Å². The van der Waals surface area contributed by atoms with E-state index in [2.05, 4.69) is 20.4 Å². The molecule has 0 saturated carbocycles. The minimum atomic E-state index is -2.86. The topological polar surface area (TPSA) is 54.9 Å². The number of hydrogen-bond donors (Lipinski definition) is 2. The Labute approximate surface area is 158 Å². The van der Waals surface area contributed by atoms with Gasteiger partial charge in [-0.15, -0.1) is 0 Å². The summed E-state index contributed by atoms with van der Waals surface area (Å²) in [5.41, 5.74) is 1.78. The van der Waals surface area contributed by atoms with Gasteiger partial charge in [0.25, 0.3) is 0 Å². The molecule has 2 rings (SSSR count). The van der Waals surface area contributed by atoms with Crippen molar-refractivity contribution in [3.63, 3.8) is 0 Å². The lowest BCUT2D eigenvalue weighted by Gasteiger charge is -2.13. The summed E-state index contributed by atoms with van der Waals surface area (Å²) >= 11 is 0. The number of aliphatic imine (C=N–C) groups is 1. The van der Waals surface area contributed by atoms with Crippen molar-refractivity contribution in [3.8, 4) is 11.5 Å². The smallest absolute Gasteiger partial charge is 0.387 e. The van der Waals surface area contributed by atoms with Crippen molar-refractivity contribution in [3.05, 3.63) is 59.7 Å². The Kier molecular flexibility index (Phi) is 8.35. The maximum atomic E-state index is 12.5. The Morgan fingerprint density at radius 2 is 1.81 bits per heavy atom. The van der Waals surface area contributed by atoms with Crippen LogP contribution in [0, 0.1) is 0 Å². The van der Waals surface area contributed by atoms with E-state index in [4.69, 9.17) is 4.74 Å². The summed E-state index contributed by atoms with van der Waals surface area (Å²) in [7, 11) is 1.64. The maximum Gasteiger partial charge on any atom is 0.387 e. The second kappa shape index (κ2) is 11.0. The molecule has 0 radical (unpaired) electrons. The molecule has 7 heteroatoms. The van der Waals surface area contributed by atoms with Gasteiger partial charge in [0.15, 0.2) is 5.96 Å². The molecule has 146 valence electrons. The van der Waals surface area contributed by atoms with Crippen molar-refractivity contribution in [1.29, 1.82) is 0 Å². The van der Waals surface area contributed by atoms with Crippen LogP contribution in [0.2, 0.25) is 0 Å². The van der Waals surface area contributed by atoms with Crippen LogP contribution >= 0.6 is 0 Å². The summed E-state index contributed by atoms with van der Waals surface area (Å²) in [5, 5.41) is 6.39. The molecule has 2 aromatic rings. The molecule has 0 spiro atoms. The molecule has 0 fully saturated rings. The van der Waals surface area contributed by atoms with Crippen LogP contribution in [0.5, 0.6) is 11.5 Å². The fourth-order valence-corrected chi connectivity index (χ4v) is 2.47. The molecular weight excluding hydrogens is 352 g/mol. The first kappa shape index (κ1) is 20.5. The Bertz CT molecular complexity index is 721. The third-order valence-corrected chi connectivity index (χ3v) is 3.81. The van der Waals surface area contributed by atoms with E-state index in [0.29, 0.717) is 24.6 Å². The number of methoxy groups -OCH3 is 1. The fourth-order valence-electron chi connectivity index (χ4n) is 2.47. The van der Waals surface area contributed by atoms with E-state index in [1.165, 1.54) is 11.6 Å². The highest BCUT2D eigenvalue weighted by atomic mass is 19.3. The molecule has 0 aliphatic rings. The van der Waals surface area contributed by atoms with Crippen LogP contribution in [-0.2, 0) is 13.0 Å². The van der Waals surface area contributed by atoms with Crippen molar-refractivity contribution < 1.29 is 18.3 Å². The monoisotopic (exact) mass is 377 g/mol. The van der Waals surface area contributed by atoms with E-state index in [-0.39, 0.29) is 12.3 Å². The van der Waals surface area contributed by atoms with Crippen LogP contribution < -0.4 is 20.1 Å². The summed E-state index contributed by atoms with van der Waals surface area (Å²) in [4.78, 5) is 4.46. The first-order chi connectivity index (χ1) is 13.1. The van der Waals surface area contributed by atoms with Gasteiger partial charge in [-0.3, -0.25) is 0 Å². The van der Waals surface area contributed by atoms with E-state index in [1.54, 1.807) is 25.3 Å². The van der Waals surface area contributed by atoms with Gasteiger partial charge in [0.05, 0.1) is 13.7 Å². The summed E-state index contributed by atoms with van der Waals surface area (Å²) < 4.78 is 34.7. The number of halogens is 2. The third kappa shape index (κ3) is 7.13. The largest absolute Gasteiger partial charge is 0.497 e. The molecule has 0 saturated heterocycles. The van der Waals surface area contributed by atoms with Crippen LogP contribution in [0.3, 0.4) is 0 Å². The van der Waals surface area contributed by atoms with Gasteiger partial charge in [-0.05, 0) is 37.1 Å². The predicted molar refractivity (Wildman–Crippen MR) is 103 cm³/mol. The Morgan fingerprint density at radius 3 is 2.48 bits per heavy atom. The molecular formula is C20H25F2N3O2. The minimum absolute atomic E-state index is 0.144. The van der Waals surface area contributed by atoms with E-state index < -0.39 is 6.61 Å². The maximum absolute atomic E-state index is 12.5. The lowest BCUT2D eigenvalue weighted by atomic mass is 10.1. The van der Waals surface area contributed by atoms with Gasteiger partial charge in [-0.1, -0.05) is 30.3 Å². The molecule has 2 N–H and O–H groups in total. The van der Waals surface area contributed by atoms with Crippen LogP contribution in [0.4, 0.5) is 8.78 Å². The zero-order valence-corrected chi connectivity index (χ0v) is 15.5. The quantitative estimate of drug-likeness (QED) is 0.518. The highest BCUT2D eigenvalue weighted by molar-refractivity contribution is 5.79. The van der Waals surface area contributed by atoms with E-state index >= 15 is 0 Å². The average Bonchev–Trinajstić information content (AvgIpc) is 2.67. The molecule has 0 aromatic heterocycles. The molecule has 0 aliphatic carbocycles. The number of nitrogens with one attached hydrogen (secondary N) is 2. The average molecular weight is 377 g/mol. The number of para-hydroxylation sites is 1. The zero-order chi connectivity index (χ0) is 19.5. The number of benzene rings is 2. The van der Waals surface area contributed by atoms with Crippen molar-refractivity contribution in [2.24, 2.45) is 4.99 Å². The van der Waals surface area contributed by atoms with E-state index in [0.717, 1.165) is 12.2 Å². The van der Waals surface area contributed by atoms with Gasteiger partial charge in [-0.25, -0.2) is 4.99 Å². The van der Waals surface area contributed by atoms with E-state index in [9.17, 15) is 8.78 Å². The fraction of sp³-hybridized carbons (Fsp3) is 0.350. The number of guanidine groups is 1. The Balaban J connectivity index is 1.93. The first-order valence-electron chi connectivity index (χ1n) is 8.80. The van der Waals surface area contributed by atoms with Gasteiger partial charge in [-0.2, -0.15) is 8.78 Å². The number of rotatable bonds is 9. The van der Waals surface area contributed by atoms with Crippen LogP contribution in [0.15, 0.2) is 53.5 Å². The van der Waals surface area contributed by atoms with Crippen LogP contribution in [0.1, 0.15) is 18.1 Å². The highest BCUT2D eigenvalue weighted by Gasteiger charge is 2.09. The van der Waals surface area contributed by atoms with Gasteiger partial charge < -0.3 is 20.1 Å². The van der Waals surface area contributed by atoms with Gasteiger partial charge in [0.2, 0.25) is 0 Å². The third-order valence-electron chi connectivity index (χ3n) is 3.81. The number of ether oxygens (including phenoxy) is 2. The highest BCUT2D eigenvalue weighted by Crippen LogP contribution is 2.20. The predicted octanol–water partition coefficient (Wildman–Crippen LogP) is 3.59. The lowest BCUT2D eigenvalue weighted by molar-refractivity contribution is -0.0504. The van der Waals surface area contributed by atoms with Crippen molar-refractivity contribution >= 4 is 5.96 Å². The molecule has 5 nitrogen and oxygen atoms in total. The molecule has 0 amide bonds. The van der Waals surface area contributed by atoms with Crippen molar-refractivity contribution in [2.75, 3.05) is 20.2 Å². The van der Waals surface area contributed by atoms with Crippen LogP contribution in [0.25, 0.3) is 0 Å². The SMILES string of the molecule is CCNC(=NCc1ccccc1OC(F)F)NCCc1ccc(OC)cc1. The minimum Gasteiger partial charge on any atom is -0.497 e. The Morgan fingerprint density at radius 1 is 1.07 bits per heavy atom. The van der Waals surface area contributed by atoms with Gasteiger partial charge in [0, 0.05) is 18.7 Å². The number of hydrogen-bond acceptors (Lipinski definition) is 3. The molecule has 0 bridgehead atoms. The number of nitrogens with zero attached hydrogens (tertiary/aromatic N) is 1. The summed E-state index contributed by atoms with van der Waals surface area (Å²) in [6, 6.07) is 14.5. The number of alkyl halides is 2. The van der Waals surface area contributed by atoms with Gasteiger partial charge >= 0.3 is 6.61 Å². The van der Waals surface area contributed by atoms with Crippen molar-refractivity contribution in [1.82, 2.24) is 10.6 Å². The summed E-state index contributed by atoms with van der Waals surface area (Å²) in [6.45, 7) is 0.734. The zero-order valence-electron chi connectivity index (χ0n) is 15.5. The summed E-state index contributed by atoms with van der Waals surface area (Å²) in [6.07, 6.45) is 0.819. The normalized spacial score (nSPS) is 11.4. The molecule has 27 heavy (non-hydrogen) atoms. The lowest BCUT2D eigenvalue weighted by Crippen LogP contribution is -2.38. The molecule has 0 atom stereocenters. The first-order valence-corrected chi connectivity index (χ1v) is 8.80. The summed E-state index contributed by atoms with van der Waals surface area (Å²) in [5.74, 6) is 1.59. The van der Waals surface area contributed by atoms with Crippen LogP contribution in [-0.4, -0.2) is 32.8 Å². The Hall–Kier alpha value is -2.83. The molecule has 0 heterocycles. The second-order valence-corrected chi connectivity index (χ2v) is 5.71. The molecule has 0 aliphatic heterocycles. The standard InChI is InChI=1S/C20H25F2N3O2/c1-3-23-20(24-13-12-15-8-10-17(26-2)11-9-15)25-14-16-6-4-5-7-18(16)27-19(21)22/h4-11,19H,3,12-14H2,1-2H3,(H2,23,24,25).